The van der Waals surface area contributed by atoms with Gasteiger partial charge in [0.05, 0.1) is 6.54 Å². The number of amides is 2. The van der Waals surface area contributed by atoms with Gasteiger partial charge in [0, 0.05) is 22.7 Å². The maximum Gasteiger partial charge on any atom is 0.315 e. The lowest BCUT2D eigenvalue weighted by Gasteiger charge is -2.23. The van der Waals surface area contributed by atoms with Crippen molar-refractivity contribution in [1.82, 2.24) is 10.6 Å². The number of thiophene rings is 1. The lowest BCUT2D eigenvalue weighted by Crippen LogP contribution is -2.36. The number of carbonyl (C=O) groups is 2. The van der Waals surface area contributed by atoms with E-state index in [2.05, 4.69) is 10.6 Å². The van der Waals surface area contributed by atoms with Crippen molar-refractivity contribution >= 4 is 23.3 Å². The fourth-order valence-corrected chi connectivity index (χ4v) is 2.72. The molecule has 2 amide bonds. The van der Waals surface area contributed by atoms with Gasteiger partial charge < -0.3 is 15.7 Å². The fourth-order valence-electron chi connectivity index (χ4n) is 1.89. The zero-order valence-corrected chi connectivity index (χ0v) is 13.7. The predicted molar refractivity (Wildman–Crippen MR) is 84.6 cm³/mol. The number of carboxylic acid groups (broad SMARTS) is 1. The van der Waals surface area contributed by atoms with Crippen molar-refractivity contribution in [3.8, 4) is 0 Å². The van der Waals surface area contributed by atoms with E-state index in [1.165, 1.54) is 4.88 Å². The molecule has 0 aliphatic rings. The Morgan fingerprint density at radius 3 is 2.52 bits per heavy atom. The van der Waals surface area contributed by atoms with E-state index >= 15 is 0 Å². The highest BCUT2D eigenvalue weighted by Crippen LogP contribution is 2.25. The third-order valence-corrected chi connectivity index (χ3v) is 4.32. The molecule has 1 aromatic heterocycles. The summed E-state index contributed by atoms with van der Waals surface area (Å²) in [6, 6.07) is 3.86. The lowest BCUT2D eigenvalue weighted by atomic mass is 9.84. The number of hydrogen-bond donors (Lipinski definition) is 3. The normalized spacial score (nSPS) is 11.2. The van der Waals surface area contributed by atoms with Crippen LogP contribution in [0.15, 0.2) is 12.1 Å². The summed E-state index contributed by atoms with van der Waals surface area (Å²) < 4.78 is 0. The summed E-state index contributed by atoms with van der Waals surface area (Å²) in [7, 11) is 0. The van der Waals surface area contributed by atoms with Gasteiger partial charge in [-0.3, -0.25) is 4.79 Å². The van der Waals surface area contributed by atoms with Crippen LogP contribution in [0.4, 0.5) is 4.79 Å². The molecule has 0 unspecified atom stereocenters. The maximum atomic E-state index is 11.7. The Morgan fingerprint density at radius 1 is 1.24 bits per heavy atom. The first-order valence-electron chi connectivity index (χ1n) is 7.07. The minimum absolute atomic E-state index is 0.0868. The molecule has 0 bridgehead atoms. The zero-order chi connectivity index (χ0) is 15.9. The number of aliphatic carboxylic acids is 1. The van der Waals surface area contributed by atoms with Crippen LogP contribution in [0.1, 0.15) is 42.9 Å². The van der Waals surface area contributed by atoms with Crippen molar-refractivity contribution in [2.45, 2.75) is 46.6 Å². The van der Waals surface area contributed by atoms with Crippen molar-refractivity contribution in [3.63, 3.8) is 0 Å². The van der Waals surface area contributed by atoms with Crippen LogP contribution in [-0.2, 0) is 11.3 Å². The smallest absolute Gasteiger partial charge is 0.315 e. The van der Waals surface area contributed by atoms with Crippen molar-refractivity contribution in [3.05, 3.63) is 21.9 Å². The number of nitrogens with one attached hydrogen (secondary N) is 2. The quantitative estimate of drug-likeness (QED) is 0.690. The Balaban J connectivity index is 2.19. The van der Waals surface area contributed by atoms with Crippen LogP contribution in [0.2, 0.25) is 0 Å². The number of hydrogen-bond acceptors (Lipinski definition) is 3. The lowest BCUT2D eigenvalue weighted by molar-refractivity contribution is -0.137. The number of aryl methyl sites for hydroxylation is 1. The third-order valence-electron chi connectivity index (χ3n) is 3.32. The van der Waals surface area contributed by atoms with E-state index in [1.807, 2.05) is 32.9 Å². The monoisotopic (exact) mass is 312 g/mol. The molecule has 0 aliphatic carbocycles. The molecule has 0 aliphatic heterocycles. The van der Waals surface area contributed by atoms with Gasteiger partial charge in [-0.15, -0.1) is 11.3 Å². The second kappa shape index (κ2) is 8.02. The van der Waals surface area contributed by atoms with E-state index in [9.17, 15) is 9.59 Å². The maximum absolute atomic E-state index is 11.7. The molecule has 5 nitrogen and oxygen atoms in total. The molecule has 6 heteroatoms. The summed E-state index contributed by atoms with van der Waals surface area (Å²) in [5.41, 5.74) is -0.0868. The summed E-state index contributed by atoms with van der Waals surface area (Å²) in [5.74, 6) is -0.778. The Bertz CT molecular complexity index is 483. The van der Waals surface area contributed by atoms with E-state index in [4.69, 9.17) is 5.11 Å². The third kappa shape index (κ3) is 7.70. The highest BCUT2D eigenvalue weighted by atomic mass is 32.1. The van der Waals surface area contributed by atoms with Gasteiger partial charge in [0.25, 0.3) is 0 Å². The average molecular weight is 312 g/mol. The van der Waals surface area contributed by atoms with E-state index in [0.717, 1.165) is 11.3 Å². The molecule has 0 aromatic carbocycles. The molecule has 1 heterocycles. The van der Waals surface area contributed by atoms with Gasteiger partial charge in [0.15, 0.2) is 0 Å². The van der Waals surface area contributed by atoms with Gasteiger partial charge in [-0.1, -0.05) is 13.8 Å². The largest absolute Gasteiger partial charge is 0.481 e. The first-order chi connectivity index (χ1) is 9.78. The van der Waals surface area contributed by atoms with Gasteiger partial charge in [-0.2, -0.15) is 0 Å². The highest BCUT2D eigenvalue weighted by Gasteiger charge is 2.19. The molecular formula is C15H24N2O3S. The molecule has 1 rings (SSSR count). The van der Waals surface area contributed by atoms with E-state index in [1.54, 1.807) is 11.3 Å². The molecule has 118 valence electrons. The van der Waals surface area contributed by atoms with Crippen molar-refractivity contribution in [2.24, 2.45) is 5.41 Å². The van der Waals surface area contributed by atoms with Crippen LogP contribution < -0.4 is 10.6 Å². The fraction of sp³-hybridized carbons (Fsp3) is 0.600. The summed E-state index contributed by atoms with van der Waals surface area (Å²) in [4.78, 5) is 24.6. The van der Waals surface area contributed by atoms with Gasteiger partial charge in [-0.05, 0) is 37.3 Å². The minimum Gasteiger partial charge on any atom is -0.481 e. The van der Waals surface area contributed by atoms with Crippen LogP contribution in [0.5, 0.6) is 0 Å². The summed E-state index contributed by atoms with van der Waals surface area (Å²) in [6.45, 7) is 7.15. The van der Waals surface area contributed by atoms with Crippen LogP contribution in [0.25, 0.3) is 0 Å². The summed E-state index contributed by atoms with van der Waals surface area (Å²) in [6.07, 6.45) is 1.53. The average Bonchev–Trinajstić information content (AvgIpc) is 2.80. The number of carboxylic acids is 1. The summed E-state index contributed by atoms with van der Waals surface area (Å²) in [5, 5.41) is 14.3. The first kappa shape index (κ1) is 17.5. The van der Waals surface area contributed by atoms with Crippen molar-refractivity contribution in [1.29, 1.82) is 0 Å². The van der Waals surface area contributed by atoms with Crippen molar-refractivity contribution < 1.29 is 14.7 Å². The Morgan fingerprint density at radius 2 is 1.95 bits per heavy atom. The van der Waals surface area contributed by atoms with E-state index in [-0.39, 0.29) is 17.9 Å². The molecule has 21 heavy (non-hydrogen) atoms. The molecule has 1 aromatic rings. The second-order valence-electron chi connectivity index (χ2n) is 5.93. The standard InChI is InChI=1S/C15H24N2O3S/c1-11-4-5-12(21-11)10-17-14(20)16-9-8-15(2,3)7-6-13(18)19/h4-5H,6-10H2,1-3H3,(H,18,19)(H2,16,17,20). The molecule has 0 saturated heterocycles. The first-order valence-corrected chi connectivity index (χ1v) is 7.89. The molecule has 0 saturated carbocycles. The topological polar surface area (TPSA) is 78.4 Å². The predicted octanol–water partition coefficient (Wildman–Crippen LogP) is 3.14. The Hall–Kier alpha value is -1.56. The van der Waals surface area contributed by atoms with Gasteiger partial charge in [0.2, 0.25) is 0 Å². The SMILES string of the molecule is Cc1ccc(CNC(=O)NCCC(C)(C)CCC(=O)O)s1. The van der Waals surface area contributed by atoms with Gasteiger partial charge in [0.1, 0.15) is 0 Å². The van der Waals surface area contributed by atoms with Gasteiger partial charge >= 0.3 is 12.0 Å². The van der Waals surface area contributed by atoms with E-state index < -0.39 is 5.97 Å². The minimum atomic E-state index is -0.778. The Kier molecular flexibility index (Phi) is 6.68. The zero-order valence-electron chi connectivity index (χ0n) is 12.9. The number of urea groups is 1. The van der Waals surface area contributed by atoms with Crippen LogP contribution in [0.3, 0.4) is 0 Å². The van der Waals surface area contributed by atoms with E-state index in [0.29, 0.717) is 19.5 Å². The van der Waals surface area contributed by atoms with Crippen LogP contribution in [0, 0.1) is 12.3 Å². The molecule has 0 spiro atoms. The molecule has 0 atom stereocenters. The molecule has 0 radical (unpaired) electrons. The van der Waals surface area contributed by atoms with Gasteiger partial charge in [-0.25, -0.2) is 4.79 Å². The summed E-state index contributed by atoms with van der Waals surface area (Å²) >= 11 is 1.67. The second-order valence-corrected chi connectivity index (χ2v) is 7.30. The molecule has 0 fully saturated rings. The molecule has 3 N–H and O–H groups in total. The Labute approximate surface area is 129 Å². The molecular weight excluding hydrogens is 288 g/mol. The van der Waals surface area contributed by atoms with Crippen LogP contribution >= 0.6 is 11.3 Å². The number of rotatable bonds is 8. The van der Waals surface area contributed by atoms with Crippen molar-refractivity contribution in [2.75, 3.05) is 6.54 Å². The van der Waals surface area contributed by atoms with Crippen LogP contribution in [-0.4, -0.2) is 23.7 Å². The number of carbonyl (C=O) groups excluding carboxylic acids is 1. The highest BCUT2D eigenvalue weighted by molar-refractivity contribution is 7.11.